The first kappa shape index (κ1) is 14.8. The van der Waals surface area contributed by atoms with Gasteiger partial charge < -0.3 is 0 Å². The summed E-state index contributed by atoms with van der Waals surface area (Å²) in [5, 5.41) is 5.26. The van der Waals surface area contributed by atoms with Crippen molar-refractivity contribution in [2.24, 2.45) is 18.9 Å². The molecule has 0 bridgehead atoms. The highest BCUT2D eigenvalue weighted by Crippen LogP contribution is 2.26. The van der Waals surface area contributed by atoms with Crippen molar-refractivity contribution in [2.75, 3.05) is 5.88 Å². The van der Waals surface area contributed by atoms with Gasteiger partial charge in [0.25, 0.3) is 0 Å². The van der Waals surface area contributed by atoms with Crippen LogP contribution in [0.1, 0.15) is 38.6 Å². The van der Waals surface area contributed by atoms with Crippen molar-refractivity contribution in [1.82, 2.24) is 9.78 Å². The second-order valence-corrected chi connectivity index (χ2v) is 5.73. The van der Waals surface area contributed by atoms with Crippen molar-refractivity contribution in [3.63, 3.8) is 0 Å². The Morgan fingerprint density at radius 1 is 1.35 bits per heavy atom. The van der Waals surface area contributed by atoms with Gasteiger partial charge in [0.1, 0.15) is 0 Å². The summed E-state index contributed by atoms with van der Waals surface area (Å²) in [5.41, 5.74) is 2.11. The Labute approximate surface area is 114 Å². The molecular formula is C13H22Cl2N2. The SMILES string of the molecule is CCc1nn(C)c(CC(CCl)CC(C)C)c1Cl. The number of hydrogen-bond donors (Lipinski definition) is 0. The van der Waals surface area contributed by atoms with Gasteiger partial charge in [-0.25, -0.2) is 0 Å². The van der Waals surface area contributed by atoms with E-state index in [9.17, 15) is 0 Å². The monoisotopic (exact) mass is 276 g/mol. The Hall–Kier alpha value is -0.210. The van der Waals surface area contributed by atoms with Crippen LogP contribution in [0, 0.1) is 11.8 Å². The molecule has 0 spiro atoms. The van der Waals surface area contributed by atoms with E-state index in [0.717, 1.165) is 35.7 Å². The molecule has 1 aromatic heterocycles. The van der Waals surface area contributed by atoms with Gasteiger partial charge in [0, 0.05) is 12.9 Å². The van der Waals surface area contributed by atoms with E-state index in [2.05, 4.69) is 25.9 Å². The fourth-order valence-electron chi connectivity index (χ4n) is 2.18. The summed E-state index contributed by atoms with van der Waals surface area (Å²) in [6.07, 6.45) is 2.93. The first-order valence-corrected chi connectivity index (χ1v) is 7.17. The highest BCUT2D eigenvalue weighted by molar-refractivity contribution is 6.31. The van der Waals surface area contributed by atoms with Crippen LogP contribution in [0.3, 0.4) is 0 Å². The minimum Gasteiger partial charge on any atom is -0.271 e. The Balaban J connectivity index is 2.82. The van der Waals surface area contributed by atoms with Crippen molar-refractivity contribution in [1.29, 1.82) is 0 Å². The molecule has 0 aliphatic carbocycles. The third-order valence-electron chi connectivity index (χ3n) is 3.01. The zero-order valence-electron chi connectivity index (χ0n) is 11.1. The maximum Gasteiger partial charge on any atom is 0.0849 e. The Kier molecular flexibility index (Phi) is 5.81. The zero-order chi connectivity index (χ0) is 13.0. The number of alkyl halides is 1. The molecule has 0 aliphatic heterocycles. The van der Waals surface area contributed by atoms with E-state index in [1.54, 1.807) is 0 Å². The van der Waals surface area contributed by atoms with Gasteiger partial charge in [0.05, 0.1) is 16.4 Å². The largest absolute Gasteiger partial charge is 0.271 e. The smallest absolute Gasteiger partial charge is 0.0849 e. The lowest BCUT2D eigenvalue weighted by Gasteiger charge is -2.16. The van der Waals surface area contributed by atoms with Crippen LogP contribution in [0.4, 0.5) is 0 Å². The molecule has 4 heteroatoms. The predicted molar refractivity (Wildman–Crippen MR) is 75.0 cm³/mol. The van der Waals surface area contributed by atoms with E-state index in [-0.39, 0.29) is 0 Å². The van der Waals surface area contributed by atoms with E-state index in [1.807, 2.05) is 11.7 Å². The molecule has 1 atom stereocenters. The van der Waals surface area contributed by atoms with Crippen molar-refractivity contribution >= 4 is 23.2 Å². The van der Waals surface area contributed by atoms with E-state index in [4.69, 9.17) is 23.2 Å². The maximum absolute atomic E-state index is 6.34. The summed E-state index contributed by atoms with van der Waals surface area (Å²) < 4.78 is 1.90. The minimum atomic E-state index is 0.481. The van der Waals surface area contributed by atoms with Gasteiger partial charge in [-0.3, -0.25) is 4.68 Å². The van der Waals surface area contributed by atoms with Gasteiger partial charge in [-0.15, -0.1) is 11.6 Å². The average Bonchev–Trinajstić information content (AvgIpc) is 2.54. The van der Waals surface area contributed by atoms with Gasteiger partial charge in [0.2, 0.25) is 0 Å². The van der Waals surface area contributed by atoms with Crippen LogP contribution in [0.5, 0.6) is 0 Å². The lowest BCUT2D eigenvalue weighted by Crippen LogP contribution is -2.12. The number of hydrogen-bond acceptors (Lipinski definition) is 1. The van der Waals surface area contributed by atoms with Crippen LogP contribution in [0.25, 0.3) is 0 Å². The topological polar surface area (TPSA) is 17.8 Å². The molecule has 2 nitrogen and oxygen atoms in total. The molecule has 0 aliphatic rings. The van der Waals surface area contributed by atoms with Gasteiger partial charge in [-0.2, -0.15) is 5.10 Å². The molecule has 0 saturated heterocycles. The molecule has 0 N–H and O–H groups in total. The highest BCUT2D eigenvalue weighted by atomic mass is 35.5. The first-order chi connectivity index (χ1) is 7.99. The fourth-order valence-corrected chi connectivity index (χ4v) is 2.79. The van der Waals surface area contributed by atoms with E-state index >= 15 is 0 Å². The highest BCUT2D eigenvalue weighted by Gasteiger charge is 2.18. The summed E-state index contributed by atoms with van der Waals surface area (Å²) in [6, 6.07) is 0. The van der Waals surface area contributed by atoms with Crippen LogP contribution < -0.4 is 0 Å². The summed E-state index contributed by atoms with van der Waals surface area (Å²) in [7, 11) is 1.96. The van der Waals surface area contributed by atoms with E-state index in [1.165, 1.54) is 0 Å². The lowest BCUT2D eigenvalue weighted by molar-refractivity contribution is 0.432. The van der Waals surface area contributed by atoms with Gasteiger partial charge in [-0.05, 0) is 31.1 Å². The molecule has 0 amide bonds. The van der Waals surface area contributed by atoms with Gasteiger partial charge >= 0.3 is 0 Å². The second kappa shape index (κ2) is 6.65. The van der Waals surface area contributed by atoms with Crippen molar-refractivity contribution in [2.45, 2.75) is 40.0 Å². The number of nitrogens with zero attached hydrogens (tertiary/aromatic N) is 2. The van der Waals surface area contributed by atoms with Crippen LogP contribution in [-0.2, 0) is 19.9 Å². The standard InChI is InChI=1S/C13H22Cl2N2/c1-5-11-13(15)12(17(4)16-11)7-10(8-14)6-9(2)3/h9-10H,5-8H2,1-4H3. The molecule has 17 heavy (non-hydrogen) atoms. The zero-order valence-corrected chi connectivity index (χ0v) is 12.6. The molecule has 0 saturated carbocycles. The third-order valence-corrected chi connectivity index (χ3v) is 3.88. The Morgan fingerprint density at radius 3 is 2.41 bits per heavy atom. The van der Waals surface area contributed by atoms with Crippen molar-refractivity contribution < 1.29 is 0 Å². The predicted octanol–water partition coefficient (Wildman–Crippen LogP) is 4.08. The van der Waals surface area contributed by atoms with Crippen LogP contribution in [0.2, 0.25) is 5.02 Å². The van der Waals surface area contributed by atoms with Crippen LogP contribution in [0.15, 0.2) is 0 Å². The Bertz CT molecular complexity index is 359. The molecule has 98 valence electrons. The third kappa shape index (κ3) is 3.89. The summed E-state index contributed by atoms with van der Waals surface area (Å²) in [6.45, 7) is 6.52. The number of aryl methyl sites for hydroxylation is 2. The van der Waals surface area contributed by atoms with Crippen LogP contribution in [-0.4, -0.2) is 15.7 Å². The summed E-state index contributed by atoms with van der Waals surface area (Å²) in [5.74, 6) is 1.83. The van der Waals surface area contributed by atoms with Crippen molar-refractivity contribution in [3.05, 3.63) is 16.4 Å². The quantitative estimate of drug-likeness (QED) is 0.716. The number of rotatable bonds is 6. The van der Waals surface area contributed by atoms with E-state index < -0.39 is 0 Å². The number of halogens is 2. The molecular weight excluding hydrogens is 255 g/mol. The summed E-state index contributed by atoms with van der Waals surface area (Å²) in [4.78, 5) is 0. The molecule has 1 heterocycles. The normalized spacial score (nSPS) is 13.4. The second-order valence-electron chi connectivity index (χ2n) is 5.04. The molecule has 0 aromatic carbocycles. The lowest BCUT2D eigenvalue weighted by atomic mass is 9.94. The molecule has 1 unspecified atom stereocenters. The van der Waals surface area contributed by atoms with Crippen LogP contribution >= 0.6 is 23.2 Å². The average molecular weight is 277 g/mol. The molecule has 1 rings (SSSR count). The number of aromatic nitrogens is 2. The molecule has 0 radical (unpaired) electrons. The Morgan fingerprint density at radius 2 is 2.00 bits per heavy atom. The van der Waals surface area contributed by atoms with Crippen molar-refractivity contribution in [3.8, 4) is 0 Å². The van der Waals surface area contributed by atoms with Gasteiger partial charge in [0.15, 0.2) is 0 Å². The minimum absolute atomic E-state index is 0.481. The summed E-state index contributed by atoms with van der Waals surface area (Å²) >= 11 is 12.4. The molecule has 1 aromatic rings. The maximum atomic E-state index is 6.34. The van der Waals surface area contributed by atoms with Gasteiger partial charge in [-0.1, -0.05) is 32.4 Å². The first-order valence-electron chi connectivity index (χ1n) is 6.25. The molecule has 0 fully saturated rings. The van der Waals surface area contributed by atoms with E-state index in [0.29, 0.717) is 17.7 Å². The fraction of sp³-hybridized carbons (Fsp3) is 0.769.